The Bertz CT molecular complexity index is 315. The van der Waals surface area contributed by atoms with Crippen LogP contribution in [-0.4, -0.2) is 40.6 Å². The summed E-state index contributed by atoms with van der Waals surface area (Å²) in [5, 5.41) is 3.44. The molecule has 1 saturated heterocycles. The van der Waals surface area contributed by atoms with E-state index in [0.717, 1.165) is 25.6 Å². The number of nitrogens with zero attached hydrogens (tertiary/aromatic N) is 3. The molecule has 0 spiro atoms. The number of hydrogen-bond acceptors (Lipinski definition) is 3. The van der Waals surface area contributed by atoms with Crippen LogP contribution in [-0.2, 0) is 6.54 Å². The summed E-state index contributed by atoms with van der Waals surface area (Å²) in [5.74, 6) is 1.03. The number of imidazole rings is 1. The third-order valence-corrected chi connectivity index (χ3v) is 3.38. The zero-order chi connectivity index (χ0) is 11.9. The predicted molar refractivity (Wildman–Crippen MR) is 71.3 cm³/mol. The van der Waals surface area contributed by atoms with E-state index in [1.54, 1.807) is 0 Å². The number of hydrogen-bond donors (Lipinski definition) is 1. The molecule has 1 aliphatic heterocycles. The highest BCUT2D eigenvalue weighted by molar-refractivity contribution is 5.25. The SMILES string of the molecule is CCCCn1ccnc1NCCN1CCCC1. The normalized spacial score (nSPS) is 16.5. The molecule has 96 valence electrons. The second kappa shape index (κ2) is 6.64. The van der Waals surface area contributed by atoms with Crippen molar-refractivity contribution in [3.05, 3.63) is 12.4 Å². The van der Waals surface area contributed by atoms with Gasteiger partial charge in [-0.05, 0) is 32.4 Å². The van der Waals surface area contributed by atoms with Crippen LogP contribution < -0.4 is 5.32 Å². The van der Waals surface area contributed by atoms with Crippen molar-refractivity contribution in [3.8, 4) is 0 Å². The molecule has 4 heteroatoms. The molecule has 0 saturated carbocycles. The Kier molecular flexibility index (Phi) is 4.86. The van der Waals surface area contributed by atoms with E-state index in [9.17, 15) is 0 Å². The quantitative estimate of drug-likeness (QED) is 0.788. The minimum absolute atomic E-state index is 1.00. The van der Waals surface area contributed by atoms with E-state index >= 15 is 0 Å². The van der Waals surface area contributed by atoms with E-state index in [4.69, 9.17) is 0 Å². The van der Waals surface area contributed by atoms with Gasteiger partial charge < -0.3 is 14.8 Å². The number of likely N-dealkylation sites (tertiary alicyclic amines) is 1. The largest absolute Gasteiger partial charge is 0.354 e. The first-order valence-electron chi connectivity index (χ1n) is 6.87. The van der Waals surface area contributed by atoms with Crippen LogP contribution in [0.3, 0.4) is 0 Å². The van der Waals surface area contributed by atoms with Crippen molar-refractivity contribution in [3.63, 3.8) is 0 Å². The van der Waals surface area contributed by atoms with Gasteiger partial charge in [-0.1, -0.05) is 13.3 Å². The molecule has 1 aromatic rings. The molecule has 1 N–H and O–H groups in total. The predicted octanol–water partition coefficient (Wildman–Crippen LogP) is 2.19. The topological polar surface area (TPSA) is 33.1 Å². The second-order valence-corrected chi connectivity index (χ2v) is 4.77. The minimum Gasteiger partial charge on any atom is -0.354 e. The van der Waals surface area contributed by atoms with Gasteiger partial charge >= 0.3 is 0 Å². The Morgan fingerprint density at radius 2 is 2.12 bits per heavy atom. The Morgan fingerprint density at radius 3 is 2.88 bits per heavy atom. The van der Waals surface area contributed by atoms with Gasteiger partial charge in [0.1, 0.15) is 0 Å². The van der Waals surface area contributed by atoms with Gasteiger partial charge in [-0.3, -0.25) is 0 Å². The molecule has 2 heterocycles. The van der Waals surface area contributed by atoms with Crippen molar-refractivity contribution < 1.29 is 0 Å². The van der Waals surface area contributed by atoms with Crippen molar-refractivity contribution in [1.82, 2.24) is 14.5 Å². The number of nitrogens with one attached hydrogen (secondary N) is 1. The van der Waals surface area contributed by atoms with Gasteiger partial charge in [0, 0.05) is 32.0 Å². The number of unbranched alkanes of at least 4 members (excludes halogenated alkanes) is 1. The lowest BCUT2D eigenvalue weighted by atomic mass is 10.3. The summed E-state index contributed by atoms with van der Waals surface area (Å²) >= 11 is 0. The highest BCUT2D eigenvalue weighted by atomic mass is 15.2. The molecule has 0 unspecified atom stereocenters. The third kappa shape index (κ3) is 3.73. The maximum absolute atomic E-state index is 4.37. The molecule has 1 fully saturated rings. The zero-order valence-electron chi connectivity index (χ0n) is 10.9. The van der Waals surface area contributed by atoms with Crippen molar-refractivity contribution in [2.24, 2.45) is 0 Å². The highest BCUT2D eigenvalue weighted by Crippen LogP contribution is 2.08. The van der Waals surface area contributed by atoms with Gasteiger partial charge in [-0.25, -0.2) is 4.98 Å². The fraction of sp³-hybridized carbons (Fsp3) is 0.769. The minimum atomic E-state index is 1.00. The van der Waals surface area contributed by atoms with Crippen LogP contribution in [0.1, 0.15) is 32.6 Å². The summed E-state index contributed by atoms with van der Waals surface area (Å²) in [5.41, 5.74) is 0. The standard InChI is InChI=1S/C13H24N4/c1-2-3-10-17-12-7-15-13(17)14-6-11-16-8-4-5-9-16/h7,12H,2-6,8-11H2,1H3,(H,14,15). The van der Waals surface area contributed by atoms with Crippen LogP contribution in [0.15, 0.2) is 12.4 Å². The number of anilines is 1. The molecule has 0 radical (unpaired) electrons. The van der Waals surface area contributed by atoms with E-state index in [-0.39, 0.29) is 0 Å². The first kappa shape index (κ1) is 12.4. The average Bonchev–Trinajstić information content (AvgIpc) is 2.98. The van der Waals surface area contributed by atoms with E-state index in [1.165, 1.54) is 38.8 Å². The number of aryl methyl sites for hydroxylation is 1. The second-order valence-electron chi connectivity index (χ2n) is 4.77. The Labute approximate surface area is 104 Å². The summed E-state index contributed by atoms with van der Waals surface area (Å²) in [6.07, 6.45) is 9.13. The molecule has 4 nitrogen and oxygen atoms in total. The molecular weight excluding hydrogens is 212 g/mol. The van der Waals surface area contributed by atoms with Crippen LogP contribution in [0.4, 0.5) is 5.95 Å². The fourth-order valence-electron chi connectivity index (χ4n) is 2.32. The van der Waals surface area contributed by atoms with Gasteiger partial charge in [0.05, 0.1) is 0 Å². The maximum Gasteiger partial charge on any atom is 0.202 e. The lowest BCUT2D eigenvalue weighted by Gasteiger charge is -2.15. The Morgan fingerprint density at radius 1 is 1.29 bits per heavy atom. The molecule has 0 bridgehead atoms. The van der Waals surface area contributed by atoms with Crippen LogP contribution in [0.2, 0.25) is 0 Å². The summed E-state index contributed by atoms with van der Waals surface area (Å²) in [6.45, 7) is 7.97. The molecule has 2 rings (SSSR count). The van der Waals surface area contributed by atoms with Crippen LogP contribution in [0.25, 0.3) is 0 Å². The van der Waals surface area contributed by atoms with Crippen molar-refractivity contribution in [2.75, 3.05) is 31.5 Å². The summed E-state index contributed by atoms with van der Waals surface area (Å²) in [7, 11) is 0. The fourth-order valence-corrected chi connectivity index (χ4v) is 2.32. The lowest BCUT2D eigenvalue weighted by Crippen LogP contribution is -2.26. The molecular formula is C13H24N4. The van der Waals surface area contributed by atoms with E-state index in [2.05, 4.69) is 32.9 Å². The van der Waals surface area contributed by atoms with Crippen molar-refractivity contribution in [2.45, 2.75) is 39.2 Å². The zero-order valence-corrected chi connectivity index (χ0v) is 10.9. The lowest BCUT2D eigenvalue weighted by molar-refractivity contribution is 0.352. The van der Waals surface area contributed by atoms with E-state index in [1.807, 2.05) is 6.20 Å². The van der Waals surface area contributed by atoms with Crippen molar-refractivity contribution in [1.29, 1.82) is 0 Å². The molecule has 0 aromatic carbocycles. The summed E-state index contributed by atoms with van der Waals surface area (Å²) in [6, 6.07) is 0. The average molecular weight is 236 g/mol. The van der Waals surface area contributed by atoms with Crippen LogP contribution >= 0.6 is 0 Å². The molecule has 17 heavy (non-hydrogen) atoms. The Balaban J connectivity index is 1.72. The smallest absolute Gasteiger partial charge is 0.202 e. The van der Waals surface area contributed by atoms with Gasteiger partial charge in [-0.2, -0.15) is 0 Å². The molecule has 1 aliphatic rings. The molecule has 0 aliphatic carbocycles. The van der Waals surface area contributed by atoms with Gasteiger partial charge in [-0.15, -0.1) is 0 Å². The number of rotatable bonds is 7. The summed E-state index contributed by atoms with van der Waals surface area (Å²) in [4.78, 5) is 6.89. The first-order chi connectivity index (χ1) is 8.40. The monoisotopic (exact) mass is 236 g/mol. The Hall–Kier alpha value is -1.03. The van der Waals surface area contributed by atoms with Gasteiger partial charge in [0.25, 0.3) is 0 Å². The maximum atomic E-state index is 4.37. The summed E-state index contributed by atoms with van der Waals surface area (Å²) < 4.78 is 2.22. The van der Waals surface area contributed by atoms with Crippen molar-refractivity contribution >= 4 is 5.95 Å². The van der Waals surface area contributed by atoms with Crippen LogP contribution in [0, 0.1) is 0 Å². The number of aromatic nitrogens is 2. The highest BCUT2D eigenvalue weighted by Gasteiger charge is 2.10. The third-order valence-electron chi connectivity index (χ3n) is 3.38. The molecule has 0 atom stereocenters. The molecule has 1 aromatic heterocycles. The van der Waals surface area contributed by atoms with Gasteiger partial charge in [0.15, 0.2) is 0 Å². The van der Waals surface area contributed by atoms with Gasteiger partial charge in [0.2, 0.25) is 5.95 Å². The molecule has 0 amide bonds. The van der Waals surface area contributed by atoms with E-state index in [0.29, 0.717) is 0 Å². The van der Waals surface area contributed by atoms with Crippen LogP contribution in [0.5, 0.6) is 0 Å². The first-order valence-corrected chi connectivity index (χ1v) is 6.87. The van der Waals surface area contributed by atoms with E-state index < -0.39 is 0 Å².